The molecule has 0 bridgehead atoms. The van der Waals surface area contributed by atoms with E-state index in [1.807, 2.05) is 18.9 Å². The molecule has 20 heavy (non-hydrogen) atoms. The van der Waals surface area contributed by atoms with Gasteiger partial charge in [0.2, 0.25) is 11.9 Å². The Hall–Kier alpha value is -2.26. The average Bonchev–Trinajstić information content (AvgIpc) is 3.01. The van der Waals surface area contributed by atoms with Gasteiger partial charge in [-0.1, -0.05) is 0 Å². The number of rotatable bonds is 7. The van der Waals surface area contributed by atoms with Crippen LogP contribution in [-0.4, -0.2) is 51.5 Å². The Bertz CT molecular complexity index is 529. The van der Waals surface area contributed by atoms with Crippen LogP contribution in [0.5, 0.6) is 0 Å². The van der Waals surface area contributed by atoms with Gasteiger partial charge in [-0.05, 0) is 13.0 Å². The molecule has 2 aromatic rings. The van der Waals surface area contributed by atoms with Gasteiger partial charge in [-0.25, -0.2) is 10.5 Å². The van der Waals surface area contributed by atoms with Crippen LogP contribution in [0, 0.1) is 0 Å². The van der Waals surface area contributed by atoms with Crippen LogP contribution in [-0.2, 0) is 4.74 Å². The first-order valence-corrected chi connectivity index (χ1v) is 6.26. The SMILES string of the molecule is CCOCCN(C)c1nc(NN)nc(-n2cccn2)n1. The minimum Gasteiger partial charge on any atom is -0.380 e. The van der Waals surface area contributed by atoms with Gasteiger partial charge >= 0.3 is 0 Å². The van der Waals surface area contributed by atoms with Crippen molar-refractivity contribution in [1.82, 2.24) is 24.7 Å². The molecule has 2 heterocycles. The van der Waals surface area contributed by atoms with Crippen LogP contribution in [0.3, 0.4) is 0 Å². The van der Waals surface area contributed by atoms with E-state index in [2.05, 4.69) is 25.5 Å². The number of nitrogens with two attached hydrogens (primary N) is 1. The number of nitrogens with one attached hydrogen (secondary N) is 1. The molecular weight excluding hydrogens is 260 g/mol. The predicted molar refractivity (Wildman–Crippen MR) is 74.5 cm³/mol. The third-order valence-electron chi connectivity index (χ3n) is 2.57. The molecule has 2 aromatic heterocycles. The summed E-state index contributed by atoms with van der Waals surface area (Å²) in [7, 11) is 1.88. The van der Waals surface area contributed by atoms with Gasteiger partial charge < -0.3 is 9.64 Å². The number of likely N-dealkylation sites (N-methyl/N-ethyl adjacent to an activating group) is 1. The predicted octanol–water partition coefficient (Wildman–Crippen LogP) is -0.184. The molecule has 0 amide bonds. The summed E-state index contributed by atoms with van der Waals surface area (Å²) in [5.74, 6) is 6.57. The van der Waals surface area contributed by atoms with E-state index in [9.17, 15) is 0 Å². The third kappa shape index (κ3) is 3.39. The molecule has 0 radical (unpaired) electrons. The van der Waals surface area contributed by atoms with E-state index in [-0.39, 0.29) is 5.95 Å². The van der Waals surface area contributed by atoms with Crippen molar-refractivity contribution in [3.8, 4) is 5.95 Å². The molecule has 0 spiro atoms. The van der Waals surface area contributed by atoms with Gasteiger partial charge in [0.1, 0.15) is 0 Å². The third-order valence-corrected chi connectivity index (χ3v) is 2.57. The minimum absolute atomic E-state index is 0.281. The topological polar surface area (TPSA) is 107 Å². The van der Waals surface area contributed by atoms with Gasteiger partial charge in [0.25, 0.3) is 5.95 Å². The van der Waals surface area contributed by atoms with E-state index in [1.165, 1.54) is 0 Å². The number of anilines is 2. The summed E-state index contributed by atoms with van der Waals surface area (Å²) in [6, 6.07) is 1.79. The second-order valence-corrected chi connectivity index (χ2v) is 3.97. The van der Waals surface area contributed by atoms with Crippen molar-refractivity contribution in [3.05, 3.63) is 18.5 Å². The van der Waals surface area contributed by atoms with Crippen molar-refractivity contribution < 1.29 is 4.74 Å². The molecule has 9 nitrogen and oxygen atoms in total. The summed E-state index contributed by atoms with van der Waals surface area (Å²) >= 11 is 0. The first-order chi connectivity index (χ1) is 9.74. The highest BCUT2D eigenvalue weighted by Crippen LogP contribution is 2.10. The van der Waals surface area contributed by atoms with Crippen LogP contribution in [0.1, 0.15) is 6.92 Å². The Balaban J connectivity index is 2.22. The van der Waals surface area contributed by atoms with Crippen molar-refractivity contribution in [2.75, 3.05) is 37.1 Å². The summed E-state index contributed by atoms with van der Waals surface area (Å²) < 4.78 is 6.86. The highest BCUT2D eigenvalue weighted by Gasteiger charge is 2.11. The first kappa shape index (κ1) is 14.2. The number of aromatic nitrogens is 5. The molecular formula is C11H18N8O. The van der Waals surface area contributed by atoms with Crippen LogP contribution >= 0.6 is 0 Å². The number of hydrogen-bond acceptors (Lipinski definition) is 8. The monoisotopic (exact) mass is 278 g/mol. The molecule has 0 atom stereocenters. The minimum atomic E-state index is 0.281. The zero-order valence-electron chi connectivity index (χ0n) is 11.5. The maximum atomic E-state index is 5.39. The van der Waals surface area contributed by atoms with E-state index in [0.29, 0.717) is 31.7 Å². The number of ether oxygens (including phenoxy) is 1. The molecule has 0 aliphatic heterocycles. The lowest BCUT2D eigenvalue weighted by atomic mass is 10.6. The Morgan fingerprint density at radius 2 is 2.25 bits per heavy atom. The van der Waals surface area contributed by atoms with Crippen molar-refractivity contribution in [1.29, 1.82) is 0 Å². The average molecular weight is 278 g/mol. The number of hydrogen-bond donors (Lipinski definition) is 2. The lowest BCUT2D eigenvalue weighted by molar-refractivity contribution is 0.154. The number of nitrogen functional groups attached to an aromatic ring is 1. The van der Waals surface area contributed by atoms with Crippen LogP contribution in [0.4, 0.5) is 11.9 Å². The molecule has 0 fully saturated rings. The lowest BCUT2D eigenvalue weighted by Gasteiger charge is -2.17. The zero-order chi connectivity index (χ0) is 14.4. The molecule has 0 unspecified atom stereocenters. The van der Waals surface area contributed by atoms with Crippen molar-refractivity contribution in [2.24, 2.45) is 5.84 Å². The second-order valence-electron chi connectivity index (χ2n) is 3.97. The summed E-state index contributed by atoms with van der Waals surface area (Å²) in [4.78, 5) is 14.6. The number of hydrazine groups is 1. The van der Waals surface area contributed by atoms with Crippen LogP contribution < -0.4 is 16.2 Å². The zero-order valence-corrected chi connectivity index (χ0v) is 11.5. The van der Waals surface area contributed by atoms with Gasteiger partial charge in [-0.3, -0.25) is 5.43 Å². The number of nitrogens with zero attached hydrogens (tertiary/aromatic N) is 6. The molecule has 0 aromatic carbocycles. The normalized spacial score (nSPS) is 10.6. The Kier molecular flexibility index (Phi) is 4.80. The largest absolute Gasteiger partial charge is 0.380 e. The van der Waals surface area contributed by atoms with Gasteiger partial charge in [0.15, 0.2) is 0 Å². The van der Waals surface area contributed by atoms with Crippen molar-refractivity contribution in [2.45, 2.75) is 6.92 Å². The van der Waals surface area contributed by atoms with Gasteiger partial charge in [-0.15, -0.1) is 0 Å². The first-order valence-electron chi connectivity index (χ1n) is 6.26. The summed E-state index contributed by atoms with van der Waals surface area (Å²) in [5.41, 5.74) is 2.43. The summed E-state index contributed by atoms with van der Waals surface area (Å²) in [5, 5.41) is 4.09. The second kappa shape index (κ2) is 6.78. The van der Waals surface area contributed by atoms with Gasteiger partial charge in [0.05, 0.1) is 6.61 Å². The van der Waals surface area contributed by atoms with E-state index >= 15 is 0 Å². The quantitative estimate of drug-likeness (QED) is 0.408. The lowest BCUT2D eigenvalue weighted by Crippen LogP contribution is -2.26. The maximum Gasteiger partial charge on any atom is 0.257 e. The smallest absolute Gasteiger partial charge is 0.257 e. The van der Waals surface area contributed by atoms with Crippen molar-refractivity contribution >= 4 is 11.9 Å². The molecule has 0 saturated heterocycles. The van der Waals surface area contributed by atoms with Crippen LogP contribution in [0.2, 0.25) is 0 Å². The van der Waals surface area contributed by atoms with Crippen LogP contribution in [0.15, 0.2) is 18.5 Å². The molecule has 9 heteroatoms. The van der Waals surface area contributed by atoms with E-state index in [4.69, 9.17) is 10.6 Å². The molecule has 0 saturated carbocycles. The van der Waals surface area contributed by atoms with E-state index in [1.54, 1.807) is 23.1 Å². The molecule has 0 aliphatic carbocycles. The van der Waals surface area contributed by atoms with E-state index < -0.39 is 0 Å². The Morgan fingerprint density at radius 1 is 1.40 bits per heavy atom. The molecule has 2 rings (SSSR count). The Morgan fingerprint density at radius 3 is 2.90 bits per heavy atom. The van der Waals surface area contributed by atoms with Gasteiger partial charge in [-0.2, -0.15) is 20.1 Å². The standard InChI is InChI=1S/C11H18N8O/c1-3-20-8-7-18(2)10-14-9(17-12)15-11(16-10)19-6-4-5-13-19/h4-6H,3,7-8,12H2,1-2H3,(H,14,15,16,17). The fraction of sp³-hybridized carbons (Fsp3) is 0.455. The summed E-state index contributed by atoms with van der Waals surface area (Å²) in [6.07, 6.45) is 3.40. The van der Waals surface area contributed by atoms with Gasteiger partial charge in [0, 0.05) is 32.6 Å². The fourth-order valence-corrected chi connectivity index (χ4v) is 1.52. The summed E-state index contributed by atoms with van der Waals surface area (Å²) in [6.45, 7) is 3.90. The maximum absolute atomic E-state index is 5.39. The van der Waals surface area contributed by atoms with Crippen molar-refractivity contribution in [3.63, 3.8) is 0 Å². The Labute approximate surface area is 116 Å². The highest BCUT2D eigenvalue weighted by atomic mass is 16.5. The highest BCUT2D eigenvalue weighted by molar-refractivity contribution is 5.38. The molecule has 108 valence electrons. The fourth-order valence-electron chi connectivity index (χ4n) is 1.52. The van der Waals surface area contributed by atoms with Crippen LogP contribution in [0.25, 0.3) is 5.95 Å². The molecule has 0 aliphatic rings. The molecule has 3 N–H and O–H groups in total. The van der Waals surface area contributed by atoms with E-state index in [0.717, 1.165) is 0 Å².